The van der Waals surface area contributed by atoms with E-state index in [-0.39, 0.29) is 32.9 Å². The number of piperidine rings is 1. The zero-order valence-electron chi connectivity index (χ0n) is 21.6. The van der Waals surface area contributed by atoms with Gasteiger partial charge in [-0.1, -0.05) is 26.0 Å². The van der Waals surface area contributed by atoms with E-state index in [1.807, 2.05) is 13.8 Å². The molecule has 2 aromatic carbocycles. The third kappa shape index (κ3) is 6.75. The predicted molar refractivity (Wildman–Crippen MR) is 139 cm³/mol. The molecule has 3 rings (SSSR count). The Kier molecular flexibility index (Phi) is 8.78. The largest absolute Gasteiger partial charge is 0.452 e. The summed E-state index contributed by atoms with van der Waals surface area (Å²) < 4.78 is 58.7. The van der Waals surface area contributed by atoms with Crippen molar-refractivity contribution < 1.29 is 31.2 Å². The maximum absolute atomic E-state index is 13.2. The highest BCUT2D eigenvalue weighted by Crippen LogP contribution is 2.27. The summed E-state index contributed by atoms with van der Waals surface area (Å²) in [6, 6.07) is 9.89. The van der Waals surface area contributed by atoms with Crippen LogP contribution in [0.15, 0.2) is 52.3 Å². The molecule has 0 aliphatic carbocycles. The van der Waals surface area contributed by atoms with Gasteiger partial charge in [-0.25, -0.2) is 25.9 Å². The summed E-state index contributed by atoms with van der Waals surface area (Å²) in [4.78, 5) is 25.0. The van der Waals surface area contributed by atoms with Crippen LogP contribution in [0.3, 0.4) is 0 Å². The van der Waals surface area contributed by atoms with Crippen LogP contribution in [-0.2, 0) is 29.6 Å². The van der Waals surface area contributed by atoms with Crippen LogP contribution in [0.25, 0.3) is 0 Å². The average Bonchev–Trinajstić information content (AvgIpc) is 2.83. The van der Waals surface area contributed by atoms with Crippen molar-refractivity contribution in [3.05, 3.63) is 53.6 Å². The number of benzene rings is 2. The molecule has 37 heavy (non-hydrogen) atoms. The molecule has 0 unspecified atom stereocenters. The lowest BCUT2D eigenvalue weighted by Gasteiger charge is -2.34. The van der Waals surface area contributed by atoms with E-state index >= 15 is 0 Å². The van der Waals surface area contributed by atoms with Crippen LogP contribution in [-0.4, -0.2) is 71.1 Å². The monoisotopic (exact) mass is 551 g/mol. The Morgan fingerprint density at radius 2 is 1.65 bits per heavy atom. The van der Waals surface area contributed by atoms with Crippen LogP contribution < -0.4 is 5.32 Å². The molecule has 202 valence electrons. The van der Waals surface area contributed by atoms with Gasteiger partial charge in [-0.3, -0.25) is 4.79 Å². The van der Waals surface area contributed by atoms with Crippen LogP contribution in [0.1, 0.15) is 36.2 Å². The van der Waals surface area contributed by atoms with Gasteiger partial charge in [0.25, 0.3) is 5.91 Å². The van der Waals surface area contributed by atoms with Crippen molar-refractivity contribution in [1.29, 1.82) is 0 Å². The molecular formula is C25H33N3O7S2. The number of nitrogens with zero attached hydrogens (tertiary/aromatic N) is 2. The number of amides is 1. The fourth-order valence-corrected chi connectivity index (χ4v) is 6.90. The molecule has 10 nitrogen and oxygen atoms in total. The molecule has 0 saturated carbocycles. The molecule has 1 amide bonds. The first-order valence-corrected chi connectivity index (χ1v) is 14.7. The molecule has 1 N–H and O–H groups in total. The lowest BCUT2D eigenvalue weighted by Crippen LogP contribution is -2.42. The van der Waals surface area contributed by atoms with Gasteiger partial charge in [0.1, 0.15) is 0 Å². The van der Waals surface area contributed by atoms with Gasteiger partial charge >= 0.3 is 5.97 Å². The summed E-state index contributed by atoms with van der Waals surface area (Å²) >= 11 is 0. The van der Waals surface area contributed by atoms with Crippen LogP contribution in [0.4, 0.5) is 5.69 Å². The summed E-state index contributed by atoms with van der Waals surface area (Å²) in [7, 11) is -4.68. The molecular weight excluding hydrogens is 518 g/mol. The number of esters is 1. The van der Waals surface area contributed by atoms with E-state index in [4.69, 9.17) is 4.74 Å². The number of anilines is 1. The number of carbonyl (C=O) groups excluding carboxylic acids is 2. The van der Waals surface area contributed by atoms with Crippen LogP contribution in [0, 0.1) is 18.8 Å². The van der Waals surface area contributed by atoms with Gasteiger partial charge in [0.2, 0.25) is 20.0 Å². The normalized spacial score (nSPS) is 19.0. The summed E-state index contributed by atoms with van der Waals surface area (Å²) in [5.41, 5.74) is 0.890. The first-order valence-electron chi connectivity index (χ1n) is 11.8. The van der Waals surface area contributed by atoms with Crippen molar-refractivity contribution in [2.75, 3.05) is 39.1 Å². The Labute approximate surface area is 218 Å². The Morgan fingerprint density at radius 1 is 1.00 bits per heavy atom. The van der Waals surface area contributed by atoms with Crippen molar-refractivity contribution in [2.24, 2.45) is 11.8 Å². The Hall–Kier alpha value is -2.80. The smallest absolute Gasteiger partial charge is 0.338 e. The summed E-state index contributed by atoms with van der Waals surface area (Å²) in [5.74, 6) is -1.06. The molecule has 0 bridgehead atoms. The molecule has 1 saturated heterocycles. The van der Waals surface area contributed by atoms with E-state index in [0.29, 0.717) is 18.7 Å². The first-order chi connectivity index (χ1) is 17.2. The minimum atomic E-state index is -3.79. The van der Waals surface area contributed by atoms with E-state index in [1.54, 1.807) is 13.0 Å². The maximum Gasteiger partial charge on any atom is 0.338 e. The molecule has 12 heteroatoms. The molecule has 0 radical (unpaired) electrons. The average molecular weight is 552 g/mol. The van der Waals surface area contributed by atoms with Gasteiger partial charge in [-0.05, 0) is 61.1 Å². The van der Waals surface area contributed by atoms with Gasteiger partial charge in [0.05, 0.1) is 15.4 Å². The zero-order chi connectivity index (χ0) is 27.5. The van der Waals surface area contributed by atoms with Crippen molar-refractivity contribution >= 4 is 37.6 Å². The lowest BCUT2D eigenvalue weighted by molar-refractivity contribution is -0.119. The van der Waals surface area contributed by atoms with E-state index in [0.717, 1.165) is 10.7 Å². The quantitative estimate of drug-likeness (QED) is 0.499. The topological polar surface area (TPSA) is 130 Å². The predicted octanol–water partition coefficient (Wildman–Crippen LogP) is 2.71. The number of hydrogen-bond donors (Lipinski definition) is 1. The van der Waals surface area contributed by atoms with Gasteiger partial charge in [-0.15, -0.1) is 0 Å². The highest BCUT2D eigenvalue weighted by molar-refractivity contribution is 7.89. The summed E-state index contributed by atoms with van der Waals surface area (Å²) in [6.45, 7) is 5.91. The Bertz CT molecular complexity index is 1380. The third-order valence-corrected chi connectivity index (χ3v) is 9.78. The van der Waals surface area contributed by atoms with Gasteiger partial charge < -0.3 is 10.1 Å². The van der Waals surface area contributed by atoms with E-state index < -0.39 is 38.5 Å². The highest BCUT2D eigenvalue weighted by atomic mass is 32.2. The van der Waals surface area contributed by atoms with Gasteiger partial charge in [-0.2, -0.15) is 4.31 Å². The van der Waals surface area contributed by atoms with Crippen LogP contribution in [0.2, 0.25) is 0 Å². The van der Waals surface area contributed by atoms with Crippen LogP contribution >= 0.6 is 0 Å². The van der Waals surface area contributed by atoms with Gasteiger partial charge in [0, 0.05) is 32.9 Å². The molecule has 0 aromatic heterocycles. The third-order valence-electron chi connectivity index (χ3n) is 6.14. The number of nitrogens with one attached hydrogen (secondary N) is 1. The second-order valence-electron chi connectivity index (χ2n) is 9.68. The highest BCUT2D eigenvalue weighted by Gasteiger charge is 2.32. The number of ether oxygens (including phenoxy) is 1. The van der Waals surface area contributed by atoms with Crippen molar-refractivity contribution in [3.63, 3.8) is 0 Å². The Morgan fingerprint density at radius 3 is 2.27 bits per heavy atom. The number of aryl methyl sites for hydroxylation is 1. The molecule has 0 spiro atoms. The lowest BCUT2D eigenvalue weighted by atomic mass is 9.94. The summed E-state index contributed by atoms with van der Waals surface area (Å²) in [5, 5.41) is 2.55. The molecule has 1 heterocycles. The second-order valence-corrected chi connectivity index (χ2v) is 13.8. The van der Waals surface area contributed by atoms with E-state index in [9.17, 15) is 26.4 Å². The fraction of sp³-hybridized carbons (Fsp3) is 0.440. The van der Waals surface area contributed by atoms with E-state index in [2.05, 4.69) is 5.32 Å². The SMILES string of the molecule is Cc1ccc(S(=O)(=O)N(C)C)cc1NC(=O)COC(=O)c1cccc(S(=O)(=O)N2C[C@H](C)C[C@H](C)C2)c1. The molecule has 1 aliphatic heterocycles. The number of hydrogen-bond acceptors (Lipinski definition) is 7. The van der Waals surface area contributed by atoms with E-state index in [1.165, 1.54) is 54.8 Å². The van der Waals surface area contributed by atoms with Gasteiger partial charge in [0.15, 0.2) is 6.61 Å². The second kappa shape index (κ2) is 11.3. The molecule has 1 fully saturated rings. The Balaban J connectivity index is 1.68. The number of sulfonamides is 2. The minimum absolute atomic E-state index is 0.00207. The van der Waals surface area contributed by atoms with Crippen LogP contribution in [0.5, 0.6) is 0 Å². The summed E-state index contributed by atoms with van der Waals surface area (Å²) in [6.07, 6.45) is 0.954. The van der Waals surface area contributed by atoms with Crippen molar-refractivity contribution in [2.45, 2.75) is 37.0 Å². The molecule has 2 aromatic rings. The number of carbonyl (C=O) groups is 2. The zero-order valence-corrected chi connectivity index (χ0v) is 23.2. The maximum atomic E-state index is 13.2. The molecule has 2 atom stereocenters. The van der Waals surface area contributed by atoms with Crippen molar-refractivity contribution in [3.8, 4) is 0 Å². The number of rotatable bonds is 8. The standard InChI is InChI=1S/C25H33N3O7S2/c1-17-11-18(2)15-28(14-17)37(33,34)21-8-6-7-20(12-21)25(30)35-16-24(29)26-23-13-22(10-9-19(23)3)36(31,32)27(4)5/h6-10,12-13,17-18H,11,14-16H2,1-5H3,(H,26,29)/t17-,18+. The fourth-order valence-electron chi connectivity index (χ4n) is 4.24. The van der Waals surface area contributed by atoms with Crippen molar-refractivity contribution in [1.82, 2.24) is 8.61 Å². The molecule has 1 aliphatic rings. The first kappa shape index (κ1) is 28.8. The minimum Gasteiger partial charge on any atom is -0.452 e.